The minimum atomic E-state index is -0.417. The largest absolute Gasteiger partial charge is 0.349 e. The standard InChI is InChI=1S/C20H31N3O2S/c1-14(2)11-17(19(25)21-9-10-22(4)5)23-18(24)13-26-20(23)16-8-6-7-15(3)12-16/h6-8,12,14,17,20H,9-11,13H2,1-5H3,(H,21,25)/p+1/t17-,20+/m1/s1. The molecule has 0 aromatic heterocycles. The van der Waals surface area contributed by atoms with Gasteiger partial charge in [0.25, 0.3) is 0 Å². The third-order valence-electron chi connectivity index (χ3n) is 4.49. The molecule has 0 spiro atoms. The Morgan fingerprint density at radius 3 is 2.73 bits per heavy atom. The van der Waals surface area contributed by atoms with E-state index in [1.807, 2.05) is 11.0 Å². The minimum Gasteiger partial charge on any atom is -0.349 e. The van der Waals surface area contributed by atoms with Gasteiger partial charge < -0.3 is 15.1 Å². The van der Waals surface area contributed by atoms with Crippen molar-refractivity contribution < 1.29 is 14.5 Å². The molecule has 1 fully saturated rings. The van der Waals surface area contributed by atoms with Gasteiger partial charge in [0.05, 0.1) is 32.9 Å². The number of quaternary nitrogens is 1. The van der Waals surface area contributed by atoms with Crippen molar-refractivity contribution in [2.45, 2.75) is 38.6 Å². The van der Waals surface area contributed by atoms with E-state index in [1.54, 1.807) is 11.8 Å². The van der Waals surface area contributed by atoms with Crippen molar-refractivity contribution in [1.82, 2.24) is 10.2 Å². The first kappa shape index (κ1) is 20.8. The summed E-state index contributed by atoms with van der Waals surface area (Å²) in [5.74, 6) is 0.790. The lowest BCUT2D eigenvalue weighted by atomic mass is 10.0. The molecule has 0 bridgehead atoms. The van der Waals surface area contributed by atoms with Crippen LogP contribution in [-0.4, -0.2) is 55.7 Å². The molecule has 1 aliphatic rings. The third kappa shape index (κ3) is 5.48. The Bertz CT molecular complexity index is 633. The van der Waals surface area contributed by atoms with Gasteiger partial charge in [0.2, 0.25) is 11.8 Å². The van der Waals surface area contributed by atoms with Crippen molar-refractivity contribution in [1.29, 1.82) is 0 Å². The molecule has 2 atom stereocenters. The van der Waals surface area contributed by atoms with E-state index in [9.17, 15) is 9.59 Å². The van der Waals surface area contributed by atoms with Crippen LogP contribution < -0.4 is 10.2 Å². The number of rotatable bonds is 8. The summed E-state index contributed by atoms with van der Waals surface area (Å²) < 4.78 is 0. The fourth-order valence-electron chi connectivity index (χ4n) is 3.20. The normalized spacial score (nSPS) is 18.7. The van der Waals surface area contributed by atoms with Gasteiger partial charge in [0.1, 0.15) is 11.4 Å². The van der Waals surface area contributed by atoms with Gasteiger partial charge in [0.15, 0.2) is 0 Å². The molecule has 6 heteroatoms. The molecule has 2 amide bonds. The van der Waals surface area contributed by atoms with E-state index in [0.29, 0.717) is 24.6 Å². The zero-order valence-corrected chi connectivity index (χ0v) is 17.4. The number of carbonyl (C=O) groups excluding carboxylic acids is 2. The zero-order chi connectivity index (χ0) is 19.3. The van der Waals surface area contributed by atoms with Gasteiger partial charge >= 0.3 is 0 Å². The van der Waals surface area contributed by atoms with E-state index in [2.05, 4.69) is 58.4 Å². The molecule has 5 nitrogen and oxygen atoms in total. The van der Waals surface area contributed by atoms with E-state index in [0.717, 1.165) is 12.1 Å². The Kier molecular flexibility index (Phi) is 7.53. The maximum atomic E-state index is 12.9. The second kappa shape index (κ2) is 9.42. The van der Waals surface area contributed by atoms with Crippen LogP contribution in [0.1, 0.15) is 36.8 Å². The van der Waals surface area contributed by atoms with Crippen LogP contribution in [0.25, 0.3) is 0 Å². The van der Waals surface area contributed by atoms with E-state index >= 15 is 0 Å². The van der Waals surface area contributed by atoms with Gasteiger partial charge in [-0.3, -0.25) is 9.59 Å². The van der Waals surface area contributed by atoms with Crippen LogP contribution in [0.4, 0.5) is 0 Å². The summed E-state index contributed by atoms with van der Waals surface area (Å²) in [6, 6.07) is 7.82. The second-order valence-electron chi connectivity index (χ2n) is 7.77. The lowest BCUT2D eigenvalue weighted by molar-refractivity contribution is -0.856. The Morgan fingerprint density at radius 1 is 1.38 bits per heavy atom. The molecule has 1 saturated heterocycles. The molecule has 0 radical (unpaired) electrons. The number of nitrogens with one attached hydrogen (secondary N) is 2. The molecule has 0 aliphatic carbocycles. The summed E-state index contributed by atoms with van der Waals surface area (Å²) in [5.41, 5.74) is 2.27. The number of hydrogen-bond donors (Lipinski definition) is 2. The van der Waals surface area contributed by atoms with Crippen molar-refractivity contribution in [2.24, 2.45) is 5.92 Å². The Hall–Kier alpha value is -1.53. The molecule has 1 heterocycles. The molecule has 26 heavy (non-hydrogen) atoms. The molecular formula is C20H32N3O2S+. The number of aryl methyl sites for hydroxylation is 1. The van der Waals surface area contributed by atoms with Gasteiger partial charge in [-0.1, -0.05) is 43.7 Å². The number of likely N-dealkylation sites (N-methyl/N-ethyl adjacent to an activating group) is 1. The predicted octanol–water partition coefficient (Wildman–Crippen LogP) is 1.24. The number of hydrogen-bond acceptors (Lipinski definition) is 3. The van der Waals surface area contributed by atoms with E-state index in [-0.39, 0.29) is 17.2 Å². The van der Waals surface area contributed by atoms with Crippen molar-refractivity contribution in [3.63, 3.8) is 0 Å². The fraction of sp³-hybridized carbons (Fsp3) is 0.600. The first-order valence-electron chi connectivity index (χ1n) is 9.35. The molecule has 2 rings (SSSR count). The van der Waals surface area contributed by atoms with Gasteiger partial charge in [-0.25, -0.2) is 0 Å². The van der Waals surface area contributed by atoms with E-state index in [4.69, 9.17) is 0 Å². The summed E-state index contributed by atoms with van der Waals surface area (Å²) in [6.45, 7) is 7.74. The van der Waals surface area contributed by atoms with Crippen LogP contribution in [0.5, 0.6) is 0 Å². The van der Waals surface area contributed by atoms with Crippen LogP contribution in [0.3, 0.4) is 0 Å². The summed E-state index contributed by atoms with van der Waals surface area (Å²) >= 11 is 1.61. The number of thioether (sulfide) groups is 1. The van der Waals surface area contributed by atoms with Gasteiger partial charge in [-0.2, -0.15) is 0 Å². The van der Waals surface area contributed by atoms with Crippen LogP contribution in [-0.2, 0) is 9.59 Å². The smallest absolute Gasteiger partial charge is 0.243 e. The maximum Gasteiger partial charge on any atom is 0.243 e. The predicted molar refractivity (Wildman–Crippen MR) is 107 cm³/mol. The average Bonchev–Trinajstić information content (AvgIpc) is 2.93. The number of amides is 2. The fourth-order valence-corrected chi connectivity index (χ4v) is 4.41. The monoisotopic (exact) mass is 378 g/mol. The van der Waals surface area contributed by atoms with E-state index < -0.39 is 6.04 Å². The summed E-state index contributed by atoms with van der Waals surface area (Å²) in [6.07, 6.45) is 0.676. The highest BCUT2D eigenvalue weighted by atomic mass is 32.2. The number of benzene rings is 1. The molecule has 1 aliphatic heterocycles. The minimum absolute atomic E-state index is 0.0338. The molecule has 1 aromatic carbocycles. The Balaban J connectivity index is 2.22. The Morgan fingerprint density at radius 2 is 2.12 bits per heavy atom. The molecule has 144 valence electrons. The van der Waals surface area contributed by atoms with Crippen molar-refractivity contribution in [3.05, 3.63) is 35.4 Å². The number of nitrogens with zero attached hydrogens (tertiary/aromatic N) is 1. The zero-order valence-electron chi connectivity index (χ0n) is 16.5. The Labute approximate surface area is 161 Å². The van der Waals surface area contributed by atoms with Crippen LogP contribution in [0.2, 0.25) is 0 Å². The lowest BCUT2D eigenvalue weighted by Gasteiger charge is -2.33. The summed E-state index contributed by atoms with van der Waals surface area (Å²) in [7, 11) is 4.12. The van der Waals surface area contributed by atoms with Crippen LogP contribution in [0, 0.1) is 12.8 Å². The topological polar surface area (TPSA) is 53.9 Å². The first-order chi connectivity index (χ1) is 12.3. The average molecular weight is 379 g/mol. The van der Waals surface area contributed by atoms with Crippen molar-refractivity contribution >= 4 is 23.6 Å². The van der Waals surface area contributed by atoms with Crippen LogP contribution in [0.15, 0.2) is 24.3 Å². The third-order valence-corrected chi connectivity index (χ3v) is 5.72. The summed E-state index contributed by atoms with van der Waals surface area (Å²) in [4.78, 5) is 28.7. The SMILES string of the molecule is Cc1cccc([C@@H]2SCC(=O)N2[C@H](CC(C)C)C(=O)NCC[NH+](C)C)c1. The molecule has 0 saturated carbocycles. The molecular weight excluding hydrogens is 346 g/mol. The van der Waals surface area contributed by atoms with Gasteiger partial charge in [0, 0.05) is 0 Å². The highest BCUT2D eigenvalue weighted by molar-refractivity contribution is 8.00. The lowest BCUT2D eigenvalue weighted by Crippen LogP contribution is -3.06. The van der Waals surface area contributed by atoms with Crippen molar-refractivity contribution in [3.8, 4) is 0 Å². The summed E-state index contributed by atoms with van der Waals surface area (Å²) in [5, 5.41) is 2.95. The van der Waals surface area contributed by atoms with Gasteiger partial charge in [-0.15, -0.1) is 11.8 Å². The molecule has 0 unspecified atom stereocenters. The van der Waals surface area contributed by atoms with E-state index in [1.165, 1.54) is 10.5 Å². The quantitative estimate of drug-likeness (QED) is 0.716. The molecule has 2 N–H and O–H groups in total. The highest BCUT2D eigenvalue weighted by Crippen LogP contribution is 2.41. The highest BCUT2D eigenvalue weighted by Gasteiger charge is 2.41. The first-order valence-corrected chi connectivity index (χ1v) is 10.4. The van der Waals surface area contributed by atoms with Crippen molar-refractivity contribution in [2.75, 3.05) is 32.9 Å². The molecule has 1 aromatic rings. The van der Waals surface area contributed by atoms with Gasteiger partial charge in [-0.05, 0) is 24.8 Å². The number of carbonyl (C=O) groups is 2. The maximum absolute atomic E-state index is 12.9. The van der Waals surface area contributed by atoms with Crippen LogP contribution >= 0.6 is 11.8 Å². The second-order valence-corrected chi connectivity index (χ2v) is 8.84.